The molecular formula is C10H8BrNO2S. The second-order valence-corrected chi connectivity index (χ2v) is 4.21. The minimum absolute atomic E-state index is 0.594. The number of halogens is 1. The summed E-state index contributed by atoms with van der Waals surface area (Å²) in [5.74, 6) is 0.628. The highest BCUT2D eigenvalue weighted by molar-refractivity contribution is 9.10. The Balaban J connectivity index is 2.81. The molecule has 0 aliphatic carbocycles. The predicted molar refractivity (Wildman–Crippen MR) is 66.6 cm³/mol. The number of hydrogen-bond donors (Lipinski definition) is 2. The van der Waals surface area contributed by atoms with Gasteiger partial charge in [-0.15, -0.1) is 0 Å². The molecule has 1 N–H and O–H groups in total. The van der Waals surface area contributed by atoms with E-state index in [1.54, 1.807) is 13.0 Å². The molecule has 1 heterocycles. The first-order chi connectivity index (χ1) is 7.17. The van der Waals surface area contributed by atoms with Crippen LogP contribution in [0.1, 0.15) is 16.1 Å². The normalized spacial score (nSPS) is 10.6. The Kier molecular flexibility index (Phi) is 2.75. The molecule has 0 amide bonds. The number of anilines is 1. The third-order valence-electron chi connectivity index (χ3n) is 2.24. The van der Waals surface area contributed by atoms with Crippen LogP contribution in [-0.4, -0.2) is 6.29 Å². The number of carbonyl (C=O) groups excluding carboxylic acids is 1. The molecule has 15 heavy (non-hydrogen) atoms. The van der Waals surface area contributed by atoms with Crippen molar-refractivity contribution in [1.82, 2.24) is 0 Å². The van der Waals surface area contributed by atoms with Crippen LogP contribution in [0.4, 0.5) is 5.69 Å². The average Bonchev–Trinajstić information content (AvgIpc) is 2.51. The molecule has 0 spiro atoms. The Morgan fingerprint density at radius 3 is 2.87 bits per heavy atom. The van der Waals surface area contributed by atoms with Crippen LogP contribution in [-0.2, 0) is 0 Å². The number of carbonyl (C=O) groups is 1. The Labute approximate surface area is 101 Å². The third-order valence-corrected chi connectivity index (χ3v) is 3.14. The maximum Gasteiger partial charge on any atom is 0.154 e. The zero-order valence-corrected chi connectivity index (χ0v) is 10.4. The predicted octanol–water partition coefficient (Wildman–Crippen LogP) is 3.57. The van der Waals surface area contributed by atoms with Crippen LogP contribution in [0.3, 0.4) is 0 Å². The molecular weight excluding hydrogens is 278 g/mol. The van der Waals surface area contributed by atoms with Crippen LogP contribution in [0.25, 0.3) is 11.0 Å². The highest BCUT2D eigenvalue weighted by Crippen LogP contribution is 2.32. The summed E-state index contributed by atoms with van der Waals surface area (Å²) < 4.78 is 9.04. The summed E-state index contributed by atoms with van der Waals surface area (Å²) in [6, 6.07) is 3.64. The average molecular weight is 286 g/mol. The lowest BCUT2D eigenvalue weighted by Crippen LogP contribution is -1.83. The molecule has 1 aromatic carbocycles. The van der Waals surface area contributed by atoms with Crippen LogP contribution in [0, 0.1) is 6.92 Å². The van der Waals surface area contributed by atoms with E-state index in [1.807, 2.05) is 6.07 Å². The number of furan rings is 1. The lowest BCUT2D eigenvalue weighted by molar-refractivity contribution is 0.112. The summed E-state index contributed by atoms with van der Waals surface area (Å²) in [5, 5.41) is 0.807. The van der Waals surface area contributed by atoms with E-state index in [-0.39, 0.29) is 0 Å². The number of benzene rings is 1. The molecule has 78 valence electrons. The first-order valence-electron chi connectivity index (χ1n) is 4.25. The standard InChI is InChI=1S/C10H8BrNO2S/c1-5-7(4-13)6-2-8(11)9(12-15)3-10(6)14-5/h2-4,12,15H,1H3. The van der Waals surface area contributed by atoms with E-state index in [2.05, 4.69) is 33.5 Å². The summed E-state index contributed by atoms with van der Waals surface area (Å²) in [7, 11) is 0. The molecule has 2 aromatic rings. The number of fused-ring (bicyclic) bond motifs is 1. The van der Waals surface area contributed by atoms with Gasteiger partial charge in [-0.25, -0.2) is 0 Å². The van der Waals surface area contributed by atoms with Gasteiger partial charge in [0, 0.05) is 15.9 Å². The topological polar surface area (TPSA) is 42.2 Å². The van der Waals surface area contributed by atoms with Crippen molar-refractivity contribution in [1.29, 1.82) is 0 Å². The minimum atomic E-state index is 0.594. The van der Waals surface area contributed by atoms with Gasteiger partial charge in [-0.05, 0) is 28.9 Å². The number of aldehydes is 1. The first-order valence-corrected chi connectivity index (χ1v) is 5.49. The van der Waals surface area contributed by atoms with Crippen molar-refractivity contribution in [2.45, 2.75) is 6.92 Å². The van der Waals surface area contributed by atoms with E-state index in [4.69, 9.17) is 4.42 Å². The quantitative estimate of drug-likeness (QED) is 0.655. The second kappa shape index (κ2) is 3.90. The Morgan fingerprint density at radius 1 is 1.53 bits per heavy atom. The van der Waals surface area contributed by atoms with Crippen molar-refractivity contribution in [3.8, 4) is 0 Å². The van der Waals surface area contributed by atoms with Crippen LogP contribution in [0.5, 0.6) is 0 Å². The Bertz CT molecular complexity index is 536. The van der Waals surface area contributed by atoms with Gasteiger partial charge in [0.25, 0.3) is 0 Å². The fraction of sp³-hybridized carbons (Fsp3) is 0.100. The van der Waals surface area contributed by atoms with Gasteiger partial charge in [-0.1, -0.05) is 12.8 Å². The summed E-state index contributed by atoms with van der Waals surface area (Å²) in [4.78, 5) is 10.9. The van der Waals surface area contributed by atoms with Crippen molar-refractivity contribution in [2.75, 3.05) is 4.72 Å². The van der Waals surface area contributed by atoms with E-state index in [1.165, 1.54) is 0 Å². The first kappa shape index (κ1) is 10.6. The van der Waals surface area contributed by atoms with Crippen LogP contribution >= 0.6 is 28.7 Å². The van der Waals surface area contributed by atoms with Crippen molar-refractivity contribution in [3.05, 3.63) is 27.9 Å². The summed E-state index contributed by atoms with van der Waals surface area (Å²) in [6.07, 6.45) is 0.807. The largest absolute Gasteiger partial charge is 0.461 e. The van der Waals surface area contributed by atoms with Gasteiger partial charge in [-0.2, -0.15) is 0 Å². The molecule has 3 nitrogen and oxygen atoms in total. The van der Waals surface area contributed by atoms with E-state index >= 15 is 0 Å². The zero-order valence-electron chi connectivity index (χ0n) is 7.87. The minimum Gasteiger partial charge on any atom is -0.461 e. The third kappa shape index (κ3) is 1.66. The molecule has 0 bridgehead atoms. The van der Waals surface area contributed by atoms with Gasteiger partial charge in [-0.3, -0.25) is 4.79 Å². The second-order valence-electron chi connectivity index (χ2n) is 3.13. The van der Waals surface area contributed by atoms with Gasteiger partial charge < -0.3 is 9.14 Å². The monoisotopic (exact) mass is 285 g/mol. The molecule has 0 fully saturated rings. The fourth-order valence-corrected chi connectivity index (χ4v) is 2.27. The molecule has 0 unspecified atom stereocenters. The number of thiol groups is 1. The maximum absolute atomic E-state index is 10.9. The van der Waals surface area contributed by atoms with Crippen LogP contribution < -0.4 is 4.72 Å². The van der Waals surface area contributed by atoms with E-state index in [0.29, 0.717) is 16.9 Å². The molecule has 0 aliphatic rings. The highest BCUT2D eigenvalue weighted by atomic mass is 79.9. The van der Waals surface area contributed by atoms with Crippen molar-refractivity contribution in [3.63, 3.8) is 0 Å². The lowest BCUT2D eigenvalue weighted by atomic mass is 10.1. The van der Waals surface area contributed by atoms with Gasteiger partial charge in [0.2, 0.25) is 0 Å². The SMILES string of the molecule is Cc1oc2cc(NS)c(Br)cc2c1C=O. The summed E-state index contributed by atoms with van der Waals surface area (Å²) in [5.41, 5.74) is 2.07. The van der Waals surface area contributed by atoms with Crippen LogP contribution in [0.2, 0.25) is 0 Å². The van der Waals surface area contributed by atoms with E-state index in [9.17, 15) is 4.79 Å². The van der Waals surface area contributed by atoms with Gasteiger partial charge in [0.15, 0.2) is 6.29 Å². The lowest BCUT2D eigenvalue weighted by Gasteiger charge is -2.01. The molecule has 0 radical (unpaired) electrons. The highest BCUT2D eigenvalue weighted by Gasteiger charge is 2.12. The van der Waals surface area contributed by atoms with Gasteiger partial charge in [0.1, 0.15) is 11.3 Å². The molecule has 1 aromatic heterocycles. The van der Waals surface area contributed by atoms with Gasteiger partial charge >= 0.3 is 0 Å². The smallest absolute Gasteiger partial charge is 0.154 e. The molecule has 5 heteroatoms. The number of hydrogen-bond acceptors (Lipinski definition) is 4. The van der Waals surface area contributed by atoms with Crippen molar-refractivity contribution < 1.29 is 9.21 Å². The molecule has 2 rings (SSSR count). The van der Waals surface area contributed by atoms with Crippen LogP contribution in [0.15, 0.2) is 21.0 Å². The van der Waals surface area contributed by atoms with Crippen molar-refractivity contribution >= 4 is 51.7 Å². The summed E-state index contributed by atoms with van der Waals surface area (Å²) in [6.45, 7) is 1.77. The molecule has 0 atom stereocenters. The molecule has 0 saturated heterocycles. The van der Waals surface area contributed by atoms with E-state index in [0.717, 1.165) is 21.8 Å². The number of aryl methyl sites for hydroxylation is 1. The fourth-order valence-electron chi connectivity index (χ4n) is 1.49. The summed E-state index contributed by atoms with van der Waals surface area (Å²) >= 11 is 7.35. The molecule has 0 saturated carbocycles. The maximum atomic E-state index is 10.9. The zero-order chi connectivity index (χ0) is 11.0. The number of nitrogens with one attached hydrogen (secondary N) is 1. The van der Waals surface area contributed by atoms with Crippen molar-refractivity contribution in [2.24, 2.45) is 0 Å². The Morgan fingerprint density at radius 2 is 2.27 bits per heavy atom. The molecule has 0 aliphatic heterocycles. The van der Waals surface area contributed by atoms with Gasteiger partial charge in [0.05, 0.1) is 11.3 Å². The number of rotatable bonds is 2. The Hall–Kier alpha value is -0.940. The van der Waals surface area contributed by atoms with E-state index < -0.39 is 0 Å².